The Bertz CT molecular complexity index is 829. The van der Waals surface area contributed by atoms with Crippen LogP contribution in [0.1, 0.15) is 32.1 Å². The molecule has 140 valence electrons. The molecule has 0 unspecified atom stereocenters. The molecule has 7 heteroatoms. The first-order valence-corrected chi connectivity index (χ1v) is 10.6. The second-order valence-electron chi connectivity index (χ2n) is 6.91. The van der Waals surface area contributed by atoms with Gasteiger partial charge >= 0.3 is 0 Å². The fourth-order valence-electron chi connectivity index (χ4n) is 3.54. The zero-order valence-electron chi connectivity index (χ0n) is 14.7. The Morgan fingerprint density at radius 1 is 1.15 bits per heavy atom. The average Bonchev–Trinajstić information content (AvgIpc) is 3.16. The van der Waals surface area contributed by atoms with E-state index in [1.54, 1.807) is 34.5 Å². The minimum atomic E-state index is -0.0192. The van der Waals surface area contributed by atoms with Crippen LogP contribution in [-0.4, -0.2) is 40.7 Å². The quantitative estimate of drug-likeness (QED) is 0.568. The molecule has 0 amide bonds. The maximum absolute atomic E-state index is 13.1. The fourth-order valence-corrected chi connectivity index (χ4v) is 4.78. The van der Waals surface area contributed by atoms with E-state index in [0.29, 0.717) is 22.5 Å². The number of benzene rings is 1. The van der Waals surface area contributed by atoms with Gasteiger partial charge in [-0.15, -0.1) is 0 Å². The molecule has 0 spiro atoms. The van der Waals surface area contributed by atoms with Crippen LogP contribution < -0.4 is 5.56 Å². The second-order valence-corrected chi connectivity index (χ2v) is 8.33. The van der Waals surface area contributed by atoms with Crippen LogP contribution >= 0.6 is 23.4 Å². The minimum Gasteiger partial charge on any atom is -0.377 e. The van der Waals surface area contributed by atoms with Crippen molar-refractivity contribution in [2.75, 3.05) is 19.0 Å². The van der Waals surface area contributed by atoms with E-state index in [4.69, 9.17) is 26.1 Å². The van der Waals surface area contributed by atoms with E-state index >= 15 is 0 Å². The molecule has 0 saturated carbocycles. The highest BCUT2D eigenvalue weighted by atomic mass is 35.5. The average molecular weight is 395 g/mol. The molecule has 0 N–H and O–H groups in total. The highest BCUT2D eigenvalue weighted by Gasteiger charge is 2.21. The smallest absolute Gasteiger partial charge is 0.262 e. The van der Waals surface area contributed by atoms with Crippen molar-refractivity contribution >= 4 is 34.3 Å². The second kappa shape index (κ2) is 8.30. The van der Waals surface area contributed by atoms with Gasteiger partial charge in [0.05, 0.1) is 29.7 Å². The first kappa shape index (κ1) is 18.3. The standard InChI is InChI=1S/C19H23ClN2O3S/c20-13-6-7-16-17(10-13)21-19(26-12-15-4-1-2-8-25-15)22(18(16)23)11-14-5-3-9-24-14/h6-7,10,14-15H,1-5,8-9,11-12H2/t14-,15-/m1/s1. The first-order valence-electron chi connectivity index (χ1n) is 9.27. The van der Waals surface area contributed by atoms with Crippen LogP contribution in [0.4, 0.5) is 0 Å². The Kier molecular flexibility index (Phi) is 5.84. The number of thioether (sulfide) groups is 1. The highest BCUT2D eigenvalue weighted by Crippen LogP contribution is 2.25. The third-order valence-electron chi connectivity index (χ3n) is 4.96. The molecule has 2 aliphatic rings. The molecule has 2 aliphatic heterocycles. The monoisotopic (exact) mass is 394 g/mol. The Morgan fingerprint density at radius 3 is 2.73 bits per heavy atom. The summed E-state index contributed by atoms with van der Waals surface area (Å²) in [5.41, 5.74) is 0.632. The summed E-state index contributed by atoms with van der Waals surface area (Å²) in [5.74, 6) is 0.810. The van der Waals surface area contributed by atoms with Gasteiger partial charge in [-0.2, -0.15) is 0 Å². The van der Waals surface area contributed by atoms with Gasteiger partial charge in [0.2, 0.25) is 0 Å². The van der Waals surface area contributed by atoms with Crippen molar-refractivity contribution in [3.63, 3.8) is 0 Å². The molecule has 2 aromatic rings. The van der Waals surface area contributed by atoms with Crippen LogP contribution in [0.5, 0.6) is 0 Å². The van der Waals surface area contributed by atoms with E-state index in [2.05, 4.69) is 0 Å². The van der Waals surface area contributed by atoms with Crippen molar-refractivity contribution in [2.24, 2.45) is 0 Å². The molecule has 2 atom stereocenters. The molecule has 1 aromatic heterocycles. The normalized spacial score (nSPS) is 23.6. The molecule has 26 heavy (non-hydrogen) atoms. The van der Waals surface area contributed by atoms with Gasteiger partial charge in [0.25, 0.3) is 5.56 Å². The van der Waals surface area contributed by atoms with E-state index < -0.39 is 0 Å². The predicted octanol–water partition coefficient (Wildman–Crippen LogP) is 3.89. The number of hydrogen-bond acceptors (Lipinski definition) is 5. The Morgan fingerprint density at radius 2 is 1.96 bits per heavy atom. The predicted molar refractivity (Wildman–Crippen MR) is 104 cm³/mol. The van der Waals surface area contributed by atoms with Gasteiger partial charge in [-0.05, 0) is 50.3 Å². The summed E-state index contributed by atoms with van der Waals surface area (Å²) in [6.45, 7) is 2.15. The molecule has 4 rings (SSSR count). The lowest BCUT2D eigenvalue weighted by Gasteiger charge is -2.23. The summed E-state index contributed by atoms with van der Waals surface area (Å²) < 4.78 is 13.4. The summed E-state index contributed by atoms with van der Waals surface area (Å²) >= 11 is 7.70. The van der Waals surface area contributed by atoms with Gasteiger partial charge in [0.15, 0.2) is 5.16 Å². The molecule has 1 aromatic carbocycles. The van der Waals surface area contributed by atoms with Crippen molar-refractivity contribution in [3.05, 3.63) is 33.6 Å². The van der Waals surface area contributed by atoms with Gasteiger partial charge in [-0.25, -0.2) is 4.98 Å². The van der Waals surface area contributed by atoms with Gasteiger partial charge in [0, 0.05) is 24.0 Å². The van der Waals surface area contributed by atoms with Crippen molar-refractivity contribution in [3.8, 4) is 0 Å². The zero-order chi connectivity index (χ0) is 17.9. The lowest BCUT2D eigenvalue weighted by Crippen LogP contribution is -2.29. The van der Waals surface area contributed by atoms with Crippen molar-refractivity contribution in [2.45, 2.75) is 56.0 Å². The number of fused-ring (bicyclic) bond motifs is 1. The third kappa shape index (κ3) is 4.09. The van der Waals surface area contributed by atoms with Gasteiger partial charge in [0.1, 0.15) is 0 Å². The number of hydrogen-bond donors (Lipinski definition) is 0. The topological polar surface area (TPSA) is 53.3 Å². The number of nitrogens with zero attached hydrogens (tertiary/aromatic N) is 2. The molecule has 2 saturated heterocycles. The molecule has 2 fully saturated rings. The van der Waals surface area contributed by atoms with Crippen LogP contribution in [0.15, 0.2) is 28.2 Å². The molecule has 0 radical (unpaired) electrons. The van der Waals surface area contributed by atoms with E-state index in [1.807, 2.05) is 0 Å². The lowest BCUT2D eigenvalue weighted by atomic mass is 10.1. The SMILES string of the molecule is O=c1c2ccc(Cl)cc2nc(SC[C@H]2CCCCO2)n1C[C@H]1CCCO1. The zero-order valence-corrected chi connectivity index (χ0v) is 16.2. The molecule has 5 nitrogen and oxygen atoms in total. The van der Waals surface area contributed by atoms with Crippen molar-refractivity contribution in [1.82, 2.24) is 9.55 Å². The van der Waals surface area contributed by atoms with E-state index in [0.717, 1.165) is 49.8 Å². The molecule has 3 heterocycles. The van der Waals surface area contributed by atoms with Crippen LogP contribution in [0.3, 0.4) is 0 Å². The van der Waals surface area contributed by atoms with Crippen LogP contribution in [-0.2, 0) is 16.0 Å². The van der Waals surface area contributed by atoms with Crippen molar-refractivity contribution < 1.29 is 9.47 Å². The van der Waals surface area contributed by atoms with Gasteiger partial charge < -0.3 is 9.47 Å². The number of aromatic nitrogens is 2. The summed E-state index contributed by atoms with van der Waals surface area (Å²) in [5, 5.41) is 1.92. The summed E-state index contributed by atoms with van der Waals surface area (Å²) in [7, 11) is 0. The lowest BCUT2D eigenvalue weighted by molar-refractivity contribution is 0.0315. The molecule has 0 bridgehead atoms. The van der Waals surface area contributed by atoms with Crippen LogP contribution in [0, 0.1) is 0 Å². The number of rotatable bonds is 5. The fraction of sp³-hybridized carbons (Fsp3) is 0.579. The van der Waals surface area contributed by atoms with E-state index in [9.17, 15) is 4.79 Å². The van der Waals surface area contributed by atoms with Gasteiger partial charge in [-0.1, -0.05) is 23.4 Å². The summed E-state index contributed by atoms with van der Waals surface area (Å²) in [4.78, 5) is 17.8. The number of halogens is 1. The van der Waals surface area contributed by atoms with Gasteiger partial charge in [-0.3, -0.25) is 9.36 Å². The first-order chi connectivity index (χ1) is 12.7. The summed E-state index contributed by atoms with van der Waals surface area (Å²) in [6, 6.07) is 5.26. The molecular weight excluding hydrogens is 372 g/mol. The maximum Gasteiger partial charge on any atom is 0.262 e. The van der Waals surface area contributed by atoms with E-state index in [-0.39, 0.29) is 17.8 Å². The Labute approximate surface area is 162 Å². The molecule has 0 aliphatic carbocycles. The minimum absolute atomic E-state index is 0.0192. The molecular formula is C19H23ClN2O3S. The Hall–Kier alpha value is -1.08. The number of ether oxygens (including phenoxy) is 2. The maximum atomic E-state index is 13.1. The van der Waals surface area contributed by atoms with E-state index in [1.165, 1.54) is 6.42 Å². The Balaban J connectivity index is 1.65. The van der Waals surface area contributed by atoms with Crippen LogP contribution in [0.25, 0.3) is 10.9 Å². The highest BCUT2D eigenvalue weighted by molar-refractivity contribution is 7.99. The van der Waals surface area contributed by atoms with Crippen LogP contribution in [0.2, 0.25) is 5.02 Å². The largest absolute Gasteiger partial charge is 0.377 e. The third-order valence-corrected chi connectivity index (χ3v) is 6.31. The summed E-state index contributed by atoms with van der Waals surface area (Å²) in [6.07, 6.45) is 5.77. The van der Waals surface area contributed by atoms with Crippen molar-refractivity contribution in [1.29, 1.82) is 0 Å².